The number of carbonyl (C=O) groups excluding carboxylic acids is 1. The van der Waals surface area contributed by atoms with Gasteiger partial charge in [-0.1, -0.05) is 106 Å². The van der Waals surface area contributed by atoms with Gasteiger partial charge in [-0.3, -0.25) is 4.79 Å². The van der Waals surface area contributed by atoms with Crippen molar-refractivity contribution in [2.24, 2.45) is 0 Å². The smallest absolute Gasteiger partial charge is 0.302 e. The van der Waals surface area contributed by atoms with Crippen LogP contribution in [0.2, 0.25) is 0 Å². The summed E-state index contributed by atoms with van der Waals surface area (Å²) in [6.45, 7) is 13.3. The lowest BCUT2D eigenvalue weighted by Gasteiger charge is -2.24. The van der Waals surface area contributed by atoms with Crippen molar-refractivity contribution in [1.29, 1.82) is 0 Å². The highest BCUT2D eigenvalue weighted by Crippen LogP contribution is 2.32. The maximum absolute atomic E-state index is 11.1. The highest BCUT2D eigenvalue weighted by molar-refractivity contribution is 5.79. The minimum Gasteiger partial charge on any atom is -0.496 e. The van der Waals surface area contributed by atoms with E-state index in [1.807, 2.05) is 24.3 Å². The summed E-state index contributed by atoms with van der Waals surface area (Å²) in [7, 11) is 5.55. The lowest BCUT2D eigenvalue weighted by Crippen LogP contribution is -2.25. The Morgan fingerprint density at radius 1 is 0.679 bits per heavy atom. The van der Waals surface area contributed by atoms with E-state index in [1.165, 1.54) is 49.5 Å². The van der Waals surface area contributed by atoms with Crippen molar-refractivity contribution in [3.05, 3.63) is 125 Å². The van der Waals surface area contributed by atoms with Crippen molar-refractivity contribution in [3.63, 3.8) is 0 Å². The summed E-state index contributed by atoms with van der Waals surface area (Å²) in [5.74, 6) is 1.29. The molecule has 0 saturated heterocycles. The summed E-state index contributed by atoms with van der Waals surface area (Å²) >= 11 is 0. The molecule has 0 N–H and O–H groups in total. The normalized spacial score (nSPS) is 11.2. The lowest BCUT2D eigenvalue weighted by molar-refractivity contribution is -0.139. The van der Waals surface area contributed by atoms with E-state index in [-0.39, 0.29) is 12.6 Å². The second kappa shape index (κ2) is 21.3. The summed E-state index contributed by atoms with van der Waals surface area (Å²) in [5, 5.41) is 0. The number of nitrogens with zero attached hydrogens (tertiary/aromatic N) is 2. The number of ether oxygens (including phenoxy) is 3. The quantitative estimate of drug-likeness (QED) is 0.0633. The van der Waals surface area contributed by atoms with Gasteiger partial charge in [0, 0.05) is 56.1 Å². The van der Waals surface area contributed by atoms with E-state index in [0.29, 0.717) is 0 Å². The Morgan fingerprint density at radius 3 is 1.66 bits per heavy atom. The SMILES string of the molecule is C=C(COC(C)=O)c1ccc(CCCN(C)c2ccc(/C=C/c3cc(OC)c(/C=C/c4ccc(N(CCCC)CCCC)cc4)cc3OC)cc2)cc1. The van der Waals surface area contributed by atoms with Crippen LogP contribution in [0.3, 0.4) is 0 Å². The first-order valence-corrected chi connectivity index (χ1v) is 18.9. The number of carbonyl (C=O) groups is 1. The van der Waals surface area contributed by atoms with Gasteiger partial charge >= 0.3 is 5.97 Å². The molecular formula is C47H58N2O4. The molecule has 6 heteroatoms. The van der Waals surface area contributed by atoms with Crippen LogP contribution >= 0.6 is 0 Å². The molecule has 53 heavy (non-hydrogen) atoms. The molecule has 4 aromatic rings. The largest absolute Gasteiger partial charge is 0.496 e. The van der Waals surface area contributed by atoms with Crippen LogP contribution in [-0.4, -0.2) is 53.5 Å². The summed E-state index contributed by atoms with van der Waals surface area (Å²) in [6.07, 6.45) is 15.2. The zero-order valence-electron chi connectivity index (χ0n) is 32.7. The Morgan fingerprint density at radius 2 is 1.19 bits per heavy atom. The van der Waals surface area contributed by atoms with Crippen LogP contribution in [0.25, 0.3) is 29.9 Å². The van der Waals surface area contributed by atoms with Gasteiger partial charge in [-0.25, -0.2) is 0 Å². The minimum atomic E-state index is -0.297. The van der Waals surface area contributed by atoms with Gasteiger partial charge in [0.05, 0.1) is 14.2 Å². The highest BCUT2D eigenvalue weighted by atomic mass is 16.5. The van der Waals surface area contributed by atoms with Crippen LogP contribution < -0.4 is 19.3 Å². The number of rotatable bonds is 21. The first-order valence-electron chi connectivity index (χ1n) is 18.9. The van der Waals surface area contributed by atoms with E-state index in [4.69, 9.17) is 14.2 Å². The Labute approximate surface area is 318 Å². The van der Waals surface area contributed by atoms with Gasteiger partial charge in [-0.15, -0.1) is 0 Å². The highest BCUT2D eigenvalue weighted by Gasteiger charge is 2.10. The Kier molecular flexibility index (Phi) is 16.3. The lowest BCUT2D eigenvalue weighted by atomic mass is 10.0. The maximum Gasteiger partial charge on any atom is 0.302 e. The van der Waals surface area contributed by atoms with Gasteiger partial charge in [-0.05, 0) is 89.9 Å². The van der Waals surface area contributed by atoms with E-state index >= 15 is 0 Å². The number of aryl methyl sites for hydroxylation is 1. The van der Waals surface area contributed by atoms with Gasteiger partial charge in [0.15, 0.2) is 0 Å². The molecule has 0 aliphatic heterocycles. The zero-order chi connectivity index (χ0) is 38.0. The predicted molar refractivity (Wildman–Crippen MR) is 226 cm³/mol. The number of esters is 1. The maximum atomic E-state index is 11.1. The van der Waals surface area contributed by atoms with E-state index in [1.54, 1.807) is 14.2 Å². The van der Waals surface area contributed by atoms with E-state index < -0.39 is 0 Å². The van der Waals surface area contributed by atoms with Crippen molar-refractivity contribution in [2.45, 2.75) is 59.3 Å². The van der Waals surface area contributed by atoms with Gasteiger partial charge in [-0.2, -0.15) is 0 Å². The van der Waals surface area contributed by atoms with E-state index in [9.17, 15) is 4.79 Å². The molecule has 0 bridgehead atoms. The van der Waals surface area contributed by atoms with Crippen molar-refractivity contribution < 1.29 is 19.0 Å². The van der Waals surface area contributed by atoms with Crippen molar-refractivity contribution in [1.82, 2.24) is 0 Å². The van der Waals surface area contributed by atoms with Crippen LogP contribution in [0.1, 0.15) is 86.3 Å². The van der Waals surface area contributed by atoms with Crippen LogP contribution in [0.15, 0.2) is 91.5 Å². The Hall–Kier alpha value is -5.23. The fraction of sp³-hybridized carbons (Fsp3) is 0.340. The van der Waals surface area contributed by atoms with Crippen LogP contribution in [-0.2, 0) is 16.0 Å². The summed E-state index contributed by atoms with van der Waals surface area (Å²) < 4.78 is 16.7. The number of anilines is 2. The molecule has 0 saturated carbocycles. The predicted octanol–water partition coefficient (Wildman–Crippen LogP) is 11.1. The molecule has 0 fully saturated rings. The molecule has 4 rings (SSSR count). The molecule has 4 aromatic carbocycles. The second-order valence-corrected chi connectivity index (χ2v) is 13.5. The van der Waals surface area contributed by atoms with Gasteiger partial charge in [0.1, 0.15) is 18.1 Å². The number of hydrogen-bond acceptors (Lipinski definition) is 6. The van der Waals surface area contributed by atoms with Gasteiger partial charge in [0.25, 0.3) is 0 Å². The Bertz CT molecular complexity index is 1780. The summed E-state index contributed by atoms with van der Waals surface area (Å²) in [6, 6.07) is 29.9. The zero-order valence-corrected chi connectivity index (χ0v) is 32.7. The minimum absolute atomic E-state index is 0.218. The molecule has 280 valence electrons. The molecule has 0 amide bonds. The van der Waals surface area contributed by atoms with Crippen LogP contribution in [0, 0.1) is 0 Å². The second-order valence-electron chi connectivity index (χ2n) is 13.5. The van der Waals surface area contributed by atoms with Crippen LogP contribution in [0.5, 0.6) is 11.5 Å². The number of methoxy groups -OCH3 is 2. The molecular weight excluding hydrogens is 657 g/mol. The molecule has 0 aliphatic carbocycles. The number of hydrogen-bond donors (Lipinski definition) is 0. The number of unbranched alkanes of at least 4 members (excludes halogenated alkanes) is 2. The molecule has 0 aromatic heterocycles. The monoisotopic (exact) mass is 714 g/mol. The molecule has 0 radical (unpaired) electrons. The third-order valence-electron chi connectivity index (χ3n) is 9.42. The average molecular weight is 715 g/mol. The van der Waals surface area contributed by atoms with Crippen molar-refractivity contribution >= 4 is 47.2 Å². The average Bonchev–Trinajstić information content (AvgIpc) is 3.18. The molecule has 0 heterocycles. The first-order chi connectivity index (χ1) is 25.7. The van der Waals surface area contributed by atoms with E-state index in [0.717, 1.165) is 77.4 Å². The van der Waals surface area contributed by atoms with E-state index in [2.05, 4.69) is 122 Å². The fourth-order valence-electron chi connectivity index (χ4n) is 6.11. The van der Waals surface area contributed by atoms with Crippen molar-refractivity contribution in [3.8, 4) is 11.5 Å². The molecule has 6 nitrogen and oxygen atoms in total. The molecule has 0 atom stereocenters. The first kappa shape index (κ1) is 40.5. The topological polar surface area (TPSA) is 51.2 Å². The van der Waals surface area contributed by atoms with Gasteiger partial charge < -0.3 is 24.0 Å². The summed E-state index contributed by atoms with van der Waals surface area (Å²) in [5.41, 5.74) is 9.70. The van der Waals surface area contributed by atoms with Crippen molar-refractivity contribution in [2.75, 3.05) is 57.3 Å². The Balaban J connectivity index is 1.34. The fourth-order valence-corrected chi connectivity index (χ4v) is 6.11. The van der Waals surface area contributed by atoms with Crippen LogP contribution in [0.4, 0.5) is 11.4 Å². The molecule has 0 unspecified atom stereocenters. The molecule has 0 spiro atoms. The third-order valence-corrected chi connectivity index (χ3v) is 9.42. The molecule has 0 aliphatic rings. The summed E-state index contributed by atoms with van der Waals surface area (Å²) in [4.78, 5) is 15.9. The number of benzene rings is 4. The van der Waals surface area contributed by atoms with Gasteiger partial charge in [0.2, 0.25) is 0 Å². The standard InChI is InChI=1S/C47H58N2O4/c1-8-10-31-49(32-11-9-2)45-28-20-40(21-29-45)17-25-43-34-46(51-6)42(33-47(43)52-7)24-16-39-18-26-44(27-19-39)48(5)30-12-13-38-14-22-41(23-15-38)36(3)35-53-37(4)50/h14-29,33-34H,3,8-13,30-32,35H2,1-2,4-7H3/b24-16+,25-17+. The third kappa shape index (κ3) is 12.7.